The quantitative estimate of drug-likeness (QED) is 0.787. The van der Waals surface area contributed by atoms with Crippen LogP contribution in [0.4, 0.5) is 4.39 Å². The summed E-state index contributed by atoms with van der Waals surface area (Å²) in [5, 5.41) is 19.1. The topological polar surface area (TPSA) is 70.7 Å². The Bertz CT molecular complexity index is 630. The van der Waals surface area contributed by atoms with Gasteiger partial charge < -0.3 is 14.6 Å². The van der Waals surface area contributed by atoms with Gasteiger partial charge in [-0.2, -0.15) is 4.39 Å². The van der Waals surface area contributed by atoms with Gasteiger partial charge in [-0.3, -0.25) is 0 Å². The van der Waals surface area contributed by atoms with Crippen molar-refractivity contribution in [3.8, 4) is 11.5 Å². The molecule has 0 amide bonds. The number of phenolic OH excluding ortho intramolecular Hbond substituents is 2. The van der Waals surface area contributed by atoms with Gasteiger partial charge in [-0.1, -0.05) is 13.3 Å². The van der Waals surface area contributed by atoms with Gasteiger partial charge in [-0.15, -0.1) is 0 Å². The molecule has 1 heterocycles. The Hall–Kier alpha value is -2.04. The lowest BCUT2D eigenvalue weighted by Crippen LogP contribution is -2.09. The maximum Gasteiger partial charge on any atom is 0.372 e. The molecule has 0 fully saturated rings. The average molecular weight is 238 g/mol. The molecule has 0 aliphatic rings. The maximum atomic E-state index is 13.6. The lowest BCUT2D eigenvalue weighted by molar-refractivity contribution is 0.443. The van der Waals surface area contributed by atoms with Gasteiger partial charge in [0.2, 0.25) is 5.82 Å². The van der Waals surface area contributed by atoms with Crippen LogP contribution in [0.3, 0.4) is 0 Å². The number of hydrogen-bond donors (Lipinski definition) is 2. The summed E-state index contributed by atoms with van der Waals surface area (Å²) < 4.78 is 18.3. The minimum atomic E-state index is -1.09. The lowest BCUT2D eigenvalue weighted by Gasteiger charge is -2.07. The van der Waals surface area contributed by atoms with Crippen molar-refractivity contribution in [3.63, 3.8) is 0 Å². The third kappa shape index (κ3) is 1.84. The first-order valence-electron chi connectivity index (χ1n) is 5.21. The van der Waals surface area contributed by atoms with Gasteiger partial charge in [0.15, 0.2) is 0 Å². The zero-order valence-electron chi connectivity index (χ0n) is 9.16. The Balaban J connectivity index is 2.92. The molecule has 1 aromatic heterocycles. The van der Waals surface area contributed by atoms with Crippen molar-refractivity contribution in [1.29, 1.82) is 0 Å². The van der Waals surface area contributed by atoms with Gasteiger partial charge >= 0.3 is 5.63 Å². The molecular weight excluding hydrogens is 227 g/mol. The van der Waals surface area contributed by atoms with Crippen molar-refractivity contribution >= 4 is 11.0 Å². The number of aromatic hydroxyl groups is 2. The minimum absolute atomic E-state index is 0.0163. The number of halogens is 1. The van der Waals surface area contributed by atoms with Crippen LogP contribution in [0, 0.1) is 5.82 Å². The van der Waals surface area contributed by atoms with E-state index in [0.29, 0.717) is 12.8 Å². The molecule has 90 valence electrons. The molecule has 0 spiro atoms. The van der Waals surface area contributed by atoms with Crippen LogP contribution in [0.5, 0.6) is 11.5 Å². The van der Waals surface area contributed by atoms with Crippen molar-refractivity contribution < 1.29 is 19.0 Å². The van der Waals surface area contributed by atoms with E-state index < -0.39 is 11.4 Å². The smallest absolute Gasteiger partial charge is 0.372 e. The molecule has 1 aromatic carbocycles. The summed E-state index contributed by atoms with van der Waals surface area (Å²) in [6.45, 7) is 1.83. The summed E-state index contributed by atoms with van der Waals surface area (Å²) in [4.78, 5) is 11.2. The third-order valence-electron chi connectivity index (χ3n) is 2.51. The first-order chi connectivity index (χ1) is 8.04. The zero-order valence-corrected chi connectivity index (χ0v) is 9.16. The van der Waals surface area contributed by atoms with Crippen LogP contribution in [-0.2, 0) is 6.42 Å². The second-order valence-corrected chi connectivity index (χ2v) is 3.77. The normalized spacial score (nSPS) is 10.9. The second kappa shape index (κ2) is 4.08. The Labute approximate surface area is 95.9 Å². The van der Waals surface area contributed by atoms with Crippen LogP contribution < -0.4 is 5.63 Å². The number of hydrogen-bond acceptors (Lipinski definition) is 4. The third-order valence-corrected chi connectivity index (χ3v) is 2.51. The molecule has 0 aliphatic heterocycles. The van der Waals surface area contributed by atoms with Gasteiger partial charge in [0, 0.05) is 17.7 Å². The van der Waals surface area contributed by atoms with Crippen molar-refractivity contribution in [3.05, 3.63) is 33.9 Å². The highest BCUT2D eigenvalue weighted by Crippen LogP contribution is 2.32. The summed E-state index contributed by atoms with van der Waals surface area (Å²) in [7, 11) is 0. The van der Waals surface area contributed by atoms with Gasteiger partial charge in [0.05, 0.1) is 5.39 Å². The summed E-state index contributed by atoms with van der Waals surface area (Å²) in [6.07, 6.45) is 0.933. The van der Waals surface area contributed by atoms with E-state index in [0.717, 1.165) is 6.07 Å². The molecule has 4 nitrogen and oxygen atoms in total. The Kier molecular flexibility index (Phi) is 2.75. The largest absolute Gasteiger partial charge is 0.508 e. The van der Waals surface area contributed by atoms with Crippen molar-refractivity contribution in [2.75, 3.05) is 0 Å². The van der Waals surface area contributed by atoms with Gasteiger partial charge in [0.1, 0.15) is 17.1 Å². The molecule has 0 unspecified atom stereocenters. The molecule has 2 N–H and O–H groups in total. The standard InChI is InChI=1S/C12H11FO4/c1-2-3-7-10-8(15)4-6(14)5-9(10)17-12(16)11(7)13/h4-5,14-15H,2-3H2,1H3. The number of aryl methyl sites for hydroxylation is 1. The van der Waals surface area contributed by atoms with E-state index in [2.05, 4.69) is 0 Å². The highest BCUT2D eigenvalue weighted by atomic mass is 19.1. The van der Waals surface area contributed by atoms with Crippen LogP contribution in [-0.4, -0.2) is 10.2 Å². The zero-order chi connectivity index (χ0) is 12.6. The Morgan fingerprint density at radius 1 is 1.35 bits per heavy atom. The number of rotatable bonds is 2. The molecule has 0 saturated carbocycles. The van der Waals surface area contributed by atoms with E-state index in [1.807, 2.05) is 6.92 Å². The van der Waals surface area contributed by atoms with E-state index >= 15 is 0 Å². The predicted molar refractivity (Wildman–Crippen MR) is 59.8 cm³/mol. The molecule has 0 saturated heterocycles. The fraction of sp³-hybridized carbons (Fsp3) is 0.250. The molecule has 5 heteroatoms. The molecule has 0 aliphatic carbocycles. The van der Waals surface area contributed by atoms with Crippen LogP contribution in [0.15, 0.2) is 21.3 Å². The van der Waals surface area contributed by atoms with E-state index in [1.54, 1.807) is 0 Å². The molecule has 17 heavy (non-hydrogen) atoms. The van der Waals surface area contributed by atoms with Gasteiger partial charge in [0.25, 0.3) is 0 Å². The average Bonchev–Trinajstić information content (AvgIpc) is 2.24. The molecule has 0 bridgehead atoms. The number of benzene rings is 1. The monoisotopic (exact) mass is 238 g/mol. The van der Waals surface area contributed by atoms with E-state index in [1.165, 1.54) is 6.07 Å². The van der Waals surface area contributed by atoms with Crippen molar-refractivity contribution in [2.45, 2.75) is 19.8 Å². The van der Waals surface area contributed by atoms with Crippen molar-refractivity contribution in [1.82, 2.24) is 0 Å². The van der Waals surface area contributed by atoms with Gasteiger partial charge in [-0.05, 0) is 6.42 Å². The first-order valence-corrected chi connectivity index (χ1v) is 5.21. The Morgan fingerprint density at radius 3 is 2.71 bits per heavy atom. The molecule has 2 rings (SSSR count). The lowest BCUT2D eigenvalue weighted by atomic mass is 10.0. The van der Waals surface area contributed by atoms with Crippen LogP contribution in [0.1, 0.15) is 18.9 Å². The second-order valence-electron chi connectivity index (χ2n) is 3.77. The molecule has 2 aromatic rings. The van der Waals surface area contributed by atoms with Crippen molar-refractivity contribution in [2.24, 2.45) is 0 Å². The molecule has 0 radical (unpaired) electrons. The van der Waals surface area contributed by atoms with Crippen LogP contribution >= 0.6 is 0 Å². The van der Waals surface area contributed by atoms with Gasteiger partial charge in [-0.25, -0.2) is 4.79 Å². The highest BCUT2D eigenvalue weighted by Gasteiger charge is 2.17. The van der Waals surface area contributed by atoms with E-state index in [-0.39, 0.29) is 28.0 Å². The Morgan fingerprint density at radius 2 is 2.06 bits per heavy atom. The molecule has 0 atom stereocenters. The van der Waals surface area contributed by atoms with Crippen LogP contribution in [0.2, 0.25) is 0 Å². The van der Waals surface area contributed by atoms with E-state index in [9.17, 15) is 19.4 Å². The molecular formula is C12H11FO4. The van der Waals surface area contributed by atoms with E-state index in [4.69, 9.17) is 4.42 Å². The maximum absolute atomic E-state index is 13.6. The first kappa shape index (κ1) is 11.4. The summed E-state index contributed by atoms with van der Waals surface area (Å²) >= 11 is 0. The predicted octanol–water partition coefficient (Wildman–Crippen LogP) is 2.30. The SMILES string of the molecule is CCCc1c(F)c(=O)oc2cc(O)cc(O)c12. The summed E-state index contributed by atoms with van der Waals surface area (Å²) in [5.74, 6) is -1.53. The summed E-state index contributed by atoms with van der Waals surface area (Å²) in [6, 6.07) is 2.26. The number of phenols is 2. The highest BCUT2D eigenvalue weighted by molar-refractivity contribution is 5.88. The fourth-order valence-electron chi connectivity index (χ4n) is 1.83. The fourth-order valence-corrected chi connectivity index (χ4v) is 1.83. The van der Waals surface area contributed by atoms with Crippen LogP contribution in [0.25, 0.3) is 11.0 Å². The minimum Gasteiger partial charge on any atom is -0.508 e. The number of fused-ring (bicyclic) bond motifs is 1. The summed E-state index contributed by atoms with van der Waals surface area (Å²) in [5.41, 5.74) is -0.987.